The monoisotopic (exact) mass is 706 g/mol. The third kappa shape index (κ3) is 8.94. The highest BCUT2D eigenvalue weighted by Crippen LogP contribution is 2.44. The summed E-state index contributed by atoms with van der Waals surface area (Å²) in [5.74, 6) is -0.772. The first-order valence-corrected chi connectivity index (χ1v) is 17.6. The molecule has 1 aliphatic rings. The zero-order chi connectivity index (χ0) is 35.5. The molecule has 5 unspecified atom stereocenters. The van der Waals surface area contributed by atoms with Crippen molar-refractivity contribution in [3.8, 4) is 5.75 Å². The minimum Gasteiger partial charge on any atom is -0.494 e. The highest BCUT2D eigenvalue weighted by atomic mass is 35.5. The van der Waals surface area contributed by atoms with Crippen molar-refractivity contribution in [1.82, 2.24) is 0 Å². The van der Waals surface area contributed by atoms with Gasteiger partial charge in [-0.25, -0.2) is 0 Å². The number of hydrogen-bond donors (Lipinski definition) is 0. The number of ether oxygens (including phenoxy) is 6. The van der Waals surface area contributed by atoms with Crippen LogP contribution in [0.5, 0.6) is 5.75 Å². The van der Waals surface area contributed by atoms with E-state index in [1.54, 1.807) is 7.11 Å². The molecule has 1 heterocycles. The predicted octanol–water partition coefficient (Wildman–Crippen LogP) is 8.48. The molecule has 0 N–H and O–H groups in total. The molecule has 5 aromatic carbocycles. The average Bonchev–Trinajstić information content (AvgIpc) is 3.18. The van der Waals surface area contributed by atoms with Crippen molar-refractivity contribution < 1.29 is 33.2 Å². The Labute approximate surface area is 305 Å². The lowest BCUT2D eigenvalue weighted by Crippen LogP contribution is -2.65. The summed E-state index contributed by atoms with van der Waals surface area (Å²) in [5, 5.41) is 0.587. The van der Waals surface area contributed by atoms with E-state index < -0.39 is 30.2 Å². The van der Waals surface area contributed by atoms with Gasteiger partial charge >= 0.3 is 0 Å². The second-order valence-corrected chi connectivity index (χ2v) is 12.8. The molecule has 1 fully saturated rings. The zero-order valence-electron chi connectivity index (χ0n) is 28.9. The molecule has 7 nitrogen and oxygen atoms in total. The van der Waals surface area contributed by atoms with Gasteiger partial charge in [-0.2, -0.15) is 0 Å². The Morgan fingerprint density at radius 1 is 0.686 bits per heavy atom. The fraction of sp³-hybridized carbons (Fsp3) is 0.279. The van der Waals surface area contributed by atoms with Crippen LogP contribution in [0.25, 0.3) is 0 Å². The van der Waals surface area contributed by atoms with E-state index in [-0.39, 0.29) is 19.8 Å². The molecule has 0 aromatic heterocycles. The highest BCUT2D eigenvalue weighted by molar-refractivity contribution is 6.31. The first kappa shape index (κ1) is 36.5. The van der Waals surface area contributed by atoms with E-state index in [1.165, 1.54) is 0 Å². The summed E-state index contributed by atoms with van der Waals surface area (Å²) in [7, 11) is 1.56. The van der Waals surface area contributed by atoms with E-state index in [1.807, 2.05) is 140 Å². The fourth-order valence-corrected chi connectivity index (χ4v) is 6.60. The van der Waals surface area contributed by atoms with Gasteiger partial charge in [0.1, 0.15) is 30.2 Å². The standard InChI is InChI=1S/C43H43ClO7/c1-3-47-37-22-19-31(20-23-37)25-35-26-36(21-24-38(35)44)43(46-2)42(50-30-34-17-11-6-12-18-34)41(49-29-33-15-9-5-10-16-33)40(39(27-45)51-43)48-28-32-13-7-4-8-14-32/h4-24,26-27,39-42H,3,25,28-30H2,1-2H3. The van der Waals surface area contributed by atoms with Gasteiger partial charge in [-0.3, -0.25) is 0 Å². The van der Waals surface area contributed by atoms with Crippen molar-refractivity contribution in [2.75, 3.05) is 13.7 Å². The average molecular weight is 707 g/mol. The molecule has 8 heteroatoms. The van der Waals surface area contributed by atoms with E-state index in [4.69, 9.17) is 40.0 Å². The van der Waals surface area contributed by atoms with Crippen LogP contribution in [0.2, 0.25) is 5.02 Å². The number of rotatable bonds is 16. The summed E-state index contributed by atoms with van der Waals surface area (Å²) in [5.41, 5.74) is 5.40. The van der Waals surface area contributed by atoms with E-state index in [0.717, 1.165) is 39.9 Å². The predicted molar refractivity (Wildman–Crippen MR) is 197 cm³/mol. The molecular formula is C43H43ClO7. The molecule has 0 spiro atoms. The SMILES string of the molecule is CCOc1ccc(Cc2cc(C3(OC)OC(C=O)C(OCc4ccccc4)C(OCc4ccccc4)C3OCc3ccccc3)ccc2Cl)cc1. The number of halogens is 1. The van der Waals surface area contributed by atoms with Gasteiger partial charge in [0.05, 0.1) is 26.4 Å². The second kappa shape index (κ2) is 17.7. The molecule has 0 aliphatic carbocycles. The van der Waals surface area contributed by atoms with Gasteiger partial charge < -0.3 is 33.2 Å². The van der Waals surface area contributed by atoms with Crippen LogP contribution >= 0.6 is 11.6 Å². The molecule has 0 bridgehead atoms. The summed E-state index contributed by atoms with van der Waals surface area (Å²) in [6, 6.07) is 43.1. The van der Waals surface area contributed by atoms with Crippen molar-refractivity contribution >= 4 is 17.9 Å². The number of aldehydes is 1. The van der Waals surface area contributed by atoms with Crippen LogP contribution in [0.4, 0.5) is 0 Å². The van der Waals surface area contributed by atoms with E-state index in [2.05, 4.69) is 0 Å². The molecule has 264 valence electrons. The smallest absolute Gasteiger partial charge is 0.225 e. The topological polar surface area (TPSA) is 72.5 Å². The first-order chi connectivity index (χ1) is 25.0. The molecule has 5 aromatic rings. The Morgan fingerprint density at radius 2 is 1.24 bits per heavy atom. The minimum atomic E-state index is -1.58. The lowest BCUT2D eigenvalue weighted by atomic mass is 9.86. The molecule has 0 radical (unpaired) electrons. The van der Waals surface area contributed by atoms with Crippen molar-refractivity contribution in [1.29, 1.82) is 0 Å². The number of carbonyl (C=O) groups is 1. The summed E-state index contributed by atoms with van der Waals surface area (Å²) >= 11 is 6.82. The summed E-state index contributed by atoms with van der Waals surface area (Å²) < 4.78 is 38.9. The Kier molecular flexibility index (Phi) is 12.7. The van der Waals surface area contributed by atoms with Crippen molar-refractivity contribution in [3.63, 3.8) is 0 Å². The van der Waals surface area contributed by atoms with Gasteiger partial charge in [0.15, 0.2) is 6.29 Å². The Balaban J connectivity index is 1.41. The van der Waals surface area contributed by atoms with Gasteiger partial charge in [0, 0.05) is 17.7 Å². The number of benzene rings is 5. The first-order valence-electron chi connectivity index (χ1n) is 17.2. The van der Waals surface area contributed by atoms with Crippen LogP contribution in [-0.2, 0) is 60.5 Å². The molecular weight excluding hydrogens is 664 g/mol. The van der Waals surface area contributed by atoms with Gasteiger partial charge in [-0.1, -0.05) is 121 Å². The second-order valence-electron chi connectivity index (χ2n) is 12.4. The summed E-state index contributed by atoms with van der Waals surface area (Å²) in [6.07, 6.45) is -2.27. The molecule has 0 saturated carbocycles. The van der Waals surface area contributed by atoms with Crippen LogP contribution in [-0.4, -0.2) is 44.4 Å². The molecule has 1 saturated heterocycles. The number of carbonyl (C=O) groups excluding carboxylic acids is 1. The highest BCUT2D eigenvalue weighted by Gasteiger charge is 2.58. The maximum Gasteiger partial charge on any atom is 0.225 e. The summed E-state index contributed by atoms with van der Waals surface area (Å²) in [4.78, 5) is 13.0. The summed E-state index contributed by atoms with van der Waals surface area (Å²) in [6.45, 7) is 3.27. The molecule has 5 atom stereocenters. The molecule has 0 amide bonds. The lowest BCUT2D eigenvalue weighted by molar-refractivity contribution is -0.373. The maximum absolute atomic E-state index is 13.0. The molecule has 1 aliphatic heterocycles. The normalized spacial score (nSPS) is 21.6. The van der Waals surface area contributed by atoms with Crippen LogP contribution in [0, 0.1) is 0 Å². The number of hydrogen-bond acceptors (Lipinski definition) is 7. The van der Waals surface area contributed by atoms with Gasteiger partial charge in [0.2, 0.25) is 5.79 Å². The third-order valence-corrected chi connectivity index (χ3v) is 9.36. The Bertz CT molecular complexity index is 1800. The van der Waals surface area contributed by atoms with Crippen LogP contribution in [0.3, 0.4) is 0 Å². The molecule has 51 heavy (non-hydrogen) atoms. The number of methoxy groups -OCH3 is 1. The fourth-order valence-electron chi connectivity index (χ4n) is 6.42. The van der Waals surface area contributed by atoms with Crippen LogP contribution < -0.4 is 4.74 Å². The van der Waals surface area contributed by atoms with E-state index in [0.29, 0.717) is 23.6 Å². The molecule has 6 rings (SSSR count). The van der Waals surface area contributed by atoms with Crippen molar-refractivity contribution in [3.05, 3.63) is 172 Å². The quantitative estimate of drug-likeness (QED) is 0.0954. The van der Waals surface area contributed by atoms with Crippen molar-refractivity contribution in [2.45, 2.75) is 63.4 Å². The van der Waals surface area contributed by atoms with Crippen LogP contribution in [0.15, 0.2) is 133 Å². The lowest BCUT2D eigenvalue weighted by Gasteiger charge is -2.51. The maximum atomic E-state index is 13.0. The largest absolute Gasteiger partial charge is 0.494 e. The van der Waals surface area contributed by atoms with Gasteiger partial charge in [-0.15, -0.1) is 0 Å². The van der Waals surface area contributed by atoms with Crippen molar-refractivity contribution in [2.24, 2.45) is 0 Å². The van der Waals surface area contributed by atoms with E-state index >= 15 is 0 Å². The van der Waals surface area contributed by atoms with Gasteiger partial charge in [0.25, 0.3) is 0 Å². The van der Waals surface area contributed by atoms with E-state index in [9.17, 15) is 4.79 Å². The zero-order valence-corrected chi connectivity index (χ0v) is 29.6. The third-order valence-electron chi connectivity index (χ3n) is 8.99. The minimum absolute atomic E-state index is 0.231. The Hall–Kier alpha value is -4.34. The van der Waals surface area contributed by atoms with Crippen LogP contribution in [0.1, 0.15) is 40.3 Å². The van der Waals surface area contributed by atoms with Gasteiger partial charge in [-0.05, 0) is 65.4 Å². The Morgan fingerprint density at radius 3 is 1.76 bits per heavy atom.